The normalized spacial score (nSPS) is 25.7. The number of fused-ring (bicyclic) bond motifs is 1. The molecule has 188 valence electrons. The van der Waals surface area contributed by atoms with Crippen LogP contribution in [0.2, 0.25) is 5.02 Å². The average molecular weight is 502 g/mol. The van der Waals surface area contributed by atoms with E-state index in [-0.39, 0.29) is 23.8 Å². The molecule has 0 bridgehead atoms. The Morgan fingerprint density at radius 3 is 2.63 bits per heavy atom. The second kappa shape index (κ2) is 10.4. The third-order valence-corrected chi connectivity index (χ3v) is 8.09. The number of anilines is 1. The summed E-state index contributed by atoms with van der Waals surface area (Å²) in [4.78, 5) is 29.1. The fraction of sp³-hybridized carbons (Fsp3) is 0.577. The lowest BCUT2D eigenvalue weighted by atomic mass is 9.88. The van der Waals surface area contributed by atoms with Crippen molar-refractivity contribution in [1.29, 1.82) is 0 Å². The Labute approximate surface area is 210 Å². The number of amides is 1. The quantitative estimate of drug-likeness (QED) is 0.652. The highest BCUT2D eigenvalue weighted by Gasteiger charge is 2.40. The molecule has 7 nitrogen and oxygen atoms in total. The summed E-state index contributed by atoms with van der Waals surface area (Å²) in [6.07, 6.45) is 3.51. The standard InChI is InChI=1S/C26H33ClFN5O2/c1-17-15-21(34)24-22(17)25(30-16-29-24)32-11-13-33(14-12-32)26(35)23(18-4-6-19(27)7-5-18)20-3-2-9-31(20)10-8-28/h4-7,16-17,20-21,23,34H,2-3,8-15H2,1H3/t17-,20?,21-,23?/m1/s1. The summed E-state index contributed by atoms with van der Waals surface area (Å²) in [5, 5.41) is 11.0. The van der Waals surface area contributed by atoms with Gasteiger partial charge < -0.3 is 14.9 Å². The number of carbonyl (C=O) groups excluding carboxylic acids is 1. The first-order chi connectivity index (χ1) is 17.0. The molecule has 3 aliphatic rings. The topological polar surface area (TPSA) is 72.8 Å². The van der Waals surface area contributed by atoms with Crippen LogP contribution in [-0.4, -0.2) is 82.8 Å². The molecule has 1 aromatic heterocycles. The van der Waals surface area contributed by atoms with Crippen molar-refractivity contribution in [2.45, 2.75) is 50.2 Å². The largest absolute Gasteiger partial charge is 0.387 e. The molecule has 2 fully saturated rings. The van der Waals surface area contributed by atoms with Crippen LogP contribution >= 0.6 is 11.6 Å². The number of nitrogens with zero attached hydrogens (tertiary/aromatic N) is 5. The lowest BCUT2D eigenvalue weighted by Crippen LogP contribution is -2.52. The van der Waals surface area contributed by atoms with Crippen LogP contribution < -0.4 is 4.90 Å². The lowest BCUT2D eigenvalue weighted by molar-refractivity contribution is -0.134. The van der Waals surface area contributed by atoms with Crippen molar-refractivity contribution in [3.8, 4) is 0 Å². The van der Waals surface area contributed by atoms with Crippen LogP contribution in [-0.2, 0) is 4.79 Å². The lowest BCUT2D eigenvalue weighted by Gasteiger charge is -2.40. The Hall–Kier alpha value is -2.29. The van der Waals surface area contributed by atoms with Gasteiger partial charge in [-0.2, -0.15) is 0 Å². The Balaban J connectivity index is 1.34. The first-order valence-electron chi connectivity index (χ1n) is 12.6. The SMILES string of the molecule is C[C@@H]1C[C@@H](O)c2ncnc(N3CCN(C(=O)C(c4ccc(Cl)cc4)C4CCCN4CCF)CC3)c21. The third kappa shape index (κ3) is 4.76. The van der Waals surface area contributed by atoms with E-state index in [1.807, 2.05) is 29.2 Å². The first kappa shape index (κ1) is 24.4. The van der Waals surface area contributed by atoms with Crippen LogP contribution in [0.5, 0.6) is 0 Å². The van der Waals surface area contributed by atoms with E-state index in [4.69, 9.17) is 11.6 Å². The van der Waals surface area contributed by atoms with Gasteiger partial charge in [0.05, 0.1) is 17.7 Å². The number of halogens is 2. The summed E-state index contributed by atoms with van der Waals surface area (Å²) in [5.41, 5.74) is 2.71. The Morgan fingerprint density at radius 2 is 1.91 bits per heavy atom. The number of aliphatic hydroxyl groups excluding tert-OH is 1. The summed E-state index contributed by atoms with van der Waals surface area (Å²) in [5.74, 6) is 0.838. The van der Waals surface area contributed by atoms with Gasteiger partial charge in [0.1, 0.15) is 18.8 Å². The van der Waals surface area contributed by atoms with Crippen molar-refractivity contribution < 1.29 is 14.3 Å². The molecule has 2 saturated heterocycles. The highest BCUT2D eigenvalue weighted by molar-refractivity contribution is 6.30. The summed E-state index contributed by atoms with van der Waals surface area (Å²) in [6, 6.07) is 7.52. The van der Waals surface area contributed by atoms with E-state index < -0.39 is 12.8 Å². The molecule has 2 aromatic rings. The molecular formula is C26H33ClFN5O2. The second-order valence-electron chi connectivity index (χ2n) is 9.92. The van der Waals surface area contributed by atoms with Crippen LogP contribution in [0.3, 0.4) is 0 Å². The monoisotopic (exact) mass is 501 g/mol. The van der Waals surface area contributed by atoms with Gasteiger partial charge in [0.15, 0.2) is 0 Å². The minimum Gasteiger partial charge on any atom is -0.387 e. The van der Waals surface area contributed by atoms with E-state index in [0.717, 1.165) is 42.0 Å². The zero-order valence-electron chi connectivity index (χ0n) is 20.1. The van der Waals surface area contributed by atoms with Crippen LogP contribution in [0, 0.1) is 0 Å². The van der Waals surface area contributed by atoms with Gasteiger partial charge >= 0.3 is 0 Å². The number of likely N-dealkylation sites (tertiary alicyclic amines) is 1. The highest BCUT2D eigenvalue weighted by atomic mass is 35.5. The molecule has 9 heteroatoms. The summed E-state index contributed by atoms with van der Waals surface area (Å²) in [6.45, 7) is 5.40. The van der Waals surface area contributed by atoms with E-state index >= 15 is 0 Å². The maximum atomic E-state index is 13.9. The fourth-order valence-corrected chi connectivity index (χ4v) is 6.23. The van der Waals surface area contributed by atoms with E-state index in [1.54, 1.807) is 0 Å². The third-order valence-electron chi connectivity index (χ3n) is 7.84. The number of piperazine rings is 1. The number of aliphatic hydroxyl groups is 1. The first-order valence-corrected chi connectivity index (χ1v) is 13.0. The van der Waals surface area contributed by atoms with Gasteiger partial charge in [0.2, 0.25) is 5.91 Å². The number of rotatable bonds is 6. The van der Waals surface area contributed by atoms with Crippen molar-refractivity contribution >= 4 is 23.3 Å². The highest BCUT2D eigenvalue weighted by Crippen LogP contribution is 2.43. The number of benzene rings is 1. The molecule has 1 aliphatic carbocycles. The van der Waals surface area contributed by atoms with Crippen molar-refractivity contribution in [2.75, 3.05) is 50.8 Å². The van der Waals surface area contributed by atoms with E-state index in [2.05, 4.69) is 26.7 Å². The zero-order chi connectivity index (χ0) is 24.5. The second-order valence-corrected chi connectivity index (χ2v) is 10.4. The number of aromatic nitrogens is 2. The molecule has 0 saturated carbocycles. The maximum absolute atomic E-state index is 13.9. The predicted molar refractivity (Wildman–Crippen MR) is 134 cm³/mol. The van der Waals surface area contributed by atoms with Gasteiger partial charge in [-0.3, -0.25) is 9.69 Å². The van der Waals surface area contributed by atoms with Gasteiger partial charge in [-0.05, 0) is 49.4 Å². The zero-order valence-corrected chi connectivity index (χ0v) is 20.9. The number of alkyl halides is 1. The van der Waals surface area contributed by atoms with Crippen LogP contribution in [0.4, 0.5) is 10.2 Å². The van der Waals surface area contributed by atoms with Crippen LogP contribution in [0.25, 0.3) is 0 Å². The van der Waals surface area contributed by atoms with Gasteiger partial charge in [0, 0.05) is 49.4 Å². The minimum absolute atomic E-state index is 0.00933. The number of hydrogen-bond acceptors (Lipinski definition) is 6. The average Bonchev–Trinajstić information content (AvgIpc) is 3.44. The van der Waals surface area contributed by atoms with Gasteiger partial charge in [-0.15, -0.1) is 0 Å². The predicted octanol–water partition coefficient (Wildman–Crippen LogP) is 3.54. The molecule has 0 spiro atoms. The fourth-order valence-electron chi connectivity index (χ4n) is 6.10. The number of carbonyl (C=O) groups is 1. The molecule has 3 heterocycles. The molecular weight excluding hydrogens is 469 g/mol. The molecule has 2 unspecified atom stereocenters. The number of hydrogen-bond donors (Lipinski definition) is 1. The van der Waals surface area contributed by atoms with Gasteiger partial charge in [-0.1, -0.05) is 30.7 Å². The van der Waals surface area contributed by atoms with E-state index in [0.29, 0.717) is 44.2 Å². The minimum atomic E-state index is -0.538. The molecule has 4 atom stereocenters. The van der Waals surface area contributed by atoms with Crippen molar-refractivity contribution in [1.82, 2.24) is 19.8 Å². The van der Waals surface area contributed by atoms with Gasteiger partial charge in [0.25, 0.3) is 0 Å². The van der Waals surface area contributed by atoms with E-state index in [9.17, 15) is 14.3 Å². The van der Waals surface area contributed by atoms with Crippen molar-refractivity contribution in [2.24, 2.45) is 0 Å². The Morgan fingerprint density at radius 1 is 1.17 bits per heavy atom. The molecule has 0 radical (unpaired) electrons. The molecule has 1 aromatic carbocycles. The molecule has 2 aliphatic heterocycles. The summed E-state index contributed by atoms with van der Waals surface area (Å²) >= 11 is 6.13. The molecule has 5 rings (SSSR count). The molecule has 1 N–H and O–H groups in total. The summed E-state index contributed by atoms with van der Waals surface area (Å²) < 4.78 is 13.3. The van der Waals surface area contributed by atoms with Crippen LogP contribution in [0.15, 0.2) is 30.6 Å². The Bertz CT molecular complexity index is 1050. The van der Waals surface area contributed by atoms with E-state index in [1.165, 1.54) is 6.33 Å². The summed E-state index contributed by atoms with van der Waals surface area (Å²) in [7, 11) is 0. The Kier molecular flexibility index (Phi) is 7.23. The van der Waals surface area contributed by atoms with Crippen LogP contribution in [0.1, 0.15) is 60.9 Å². The smallest absolute Gasteiger partial charge is 0.231 e. The molecule has 35 heavy (non-hydrogen) atoms. The van der Waals surface area contributed by atoms with Crippen molar-refractivity contribution in [3.05, 3.63) is 52.4 Å². The maximum Gasteiger partial charge on any atom is 0.231 e. The van der Waals surface area contributed by atoms with Gasteiger partial charge in [-0.25, -0.2) is 14.4 Å². The van der Waals surface area contributed by atoms with Crippen molar-refractivity contribution in [3.63, 3.8) is 0 Å². The molecule has 1 amide bonds.